The van der Waals surface area contributed by atoms with E-state index >= 15 is 0 Å². The molecule has 1 saturated heterocycles. The number of thiophene rings is 1. The minimum absolute atomic E-state index is 0.0181. The molecule has 1 unspecified atom stereocenters. The highest BCUT2D eigenvalue weighted by Gasteiger charge is 2.16. The number of amides is 1. The number of hydrogen-bond acceptors (Lipinski definition) is 4. The number of fused-ring (bicyclic) bond motifs is 1. The fraction of sp³-hybridized carbons (Fsp3) is 0.318. The number of carbonyl (C=O) groups excluding carboxylic acids is 1. The third-order valence-electron chi connectivity index (χ3n) is 4.90. The molecule has 0 saturated carbocycles. The number of benzene rings is 2. The van der Waals surface area contributed by atoms with Gasteiger partial charge >= 0.3 is 0 Å². The molecule has 27 heavy (non-hydrogen) atoms. The summed E-state index contributed by atoms with van der Waals surface area (Å²) in [4.78, 5) is 15.1. The summed E-state index contributed by atoms with van der Waals surface area (Å²) in [5.74, 6) is -0.0181. The number of morpholine rings is 1. The predicted octanol–water partition coefficient (Wildman–Crippen LogP) is 4.05. The van der Waals surface area contributed by atoms with Gasteiger partial charge < -0.3 is 10.1 Å². The van der Waals surface area contributed by atoms with Crippen LogP contribution in [0.5, 0.6) is 0 Å². The van der Waals surface area contributed by atoms with Crippen molar-refractivity contribution in [3.63, 3.8) is 0 Å². The SMILES string of the molecule is CC1CN(Cc2cccc(CNC(=O)c3cccc4ccsc34)c2)CCO1. The first-order chi connectivity index (χ1) is 13.2. The number of nitrogens with zero attached hydrogens (tertiary/aromatic N) is 1. The van der Waals surface area contributed by atoms with Gasteiger partial charge in [0.25, 0.3) is 5.91 Å². The Morgan fingerprint density at radius 1 is 1.22 bits per heavy atom. The van der Waals surface area contributed by atoms with Crippen molar-refractivity contribution in [3.05, 3.63) is 70.6 Å². The Morgan fingerprint density at radius 2 is 2.07 bits per heavy atom. The van der Waals surface area contributed by atoms with Crippen molar-refractivity contribution >= 4 is 27.3 Å². The topological polar surface area (TPSA) is 41.6 Å². The van der Waals surface area contributed by atoms with Crippen molar-refractivity contribution in [2.45, 2.75) is 26.1 Å². The van der Waals surface area contributed by atoms with Gasteiger partial charge in [0.15, 0.2) is 0 Å². The number of hydrogen-bond donors (Lipinski definition) is 1. The Bertz CT molecular complexity index is 937. The highest BCUT2D eigenvalue weighted by Crippen LogP contribution is 2.24. The van der Waals surface area contributed by atoms with E-state index in [1.165, 1.54) is 5.56 Å². The first-order valence-electron chi connectivity index (χ1n) is 9.35. The molecule has 2 aromatic carbocycles. The van der Waals surface area contributed by atoms with Gasteiger partial charge in [-0.15, -0.1) is 11.3 Å². The molecular weight excluding hydrogens is 356 g/mol. The second kappa shape index (κ2) is 8.21. The summed E-state index contributed by atoms with van der Waals surface area (Å²) in [6.07, 6.45) is 0.293. The largest absolute Gasteiger partial charge is 0.376 e. The Hall–Kier alpha value is -2.21. The average molecular weight is 381 g/mol. The van der Waals surface area contributed by atoms with Gasteiger partial charge in [0, 0.05) is 30.9 Å². The van der Waals surface area contributed by atoms with Gasteiger partial charge in [-0.1, -0.05) is 36.4 Å². The van der Waals surface area contributed by atoms with Crippen LogP contribution in [0.2, 0.25) is 0 Å². The molecule has 1 amide bonds. The minimum Gasteiger partial charge on any atom is -0.376 e. The zero-order valence-electron chi connectivity index (χ0n) is 15.5. The van der Waals surface area contributed by atoms with Crippen LogP contribution in [0.1, 0.15) is 28.4 Å². The van der Waals surface area contributed by atoms with E-state index in [4.69, 9.17) is 4.74 Å². The predicted molar refractivity (Wildman–Crippen MR) is 110 cm³/mol. The number of nitrogens with one attached hydrogen (secondary N) is 1. The van der Waals surface area contributed by atoms with Crippen LogP contribution in [0.25, 0.3) is 10.1 Å². The zero-order valence-corrected chi connectivity index (χ0v) is 16.3. The van der Waals surface area contributed by atoms with Crippen molar-refractivity contribution in [3.8, 4) is 0 Å². The Balaban J connectivity index is 1.39. The molecule has 1 aliphatic rings. The van der Waals surface area contributed by atoms with Crippen molar-refractivity contribution < 1.29 is 9.53 Å². The van der Waals surface area contributed by atoms with Gasteiger partial charge in [-0.25, -0.2) is 0 Å². The first kappa shape index (κ1) is 18.2. The smallest absolute Gasteiger partial charge is 0.253 e. The average Bonchev–Trinajstić information content (AvgIpc) is 3.15. The van der Waals surface area contributed by atoms with E-state index in [0.29, 0.717) is 12.6 Å². The molecule has 1 aromatic heterocycles. The van der Waals surface area contributed by atoms with Crippen LogP contribution in [0.4, 0.5) is 0 Å². The Kier molecular flexibility index (Phi) is 5.53. The summed E-state index contributed by atoms with van der Waals surface area (Å²) in [6, 6.07) is 16.4. The summed E-state index contributed by atoms with van der Waals surface area (Å²) in [6.45, 7) is 6.30. The Morgan fingerprint density at radius 3 is 2.96 bits per heavy atom. The van der Waals surface area contributed by atoms with Crippen LogP contribution in [0.3, 0.4) is 0 Å². The van der Waals surface area contributed by atoms with Gasteiger partial charge in [0.1, 0.15) is 0 Å². The standard InChI is InChI=1S/C22H24N2O2S/c1-16-14-24(9-10-26-16)15-18-5-2-4-17(12-18)13-23-22(25)20-7-3-6-19-8-11-27-21(19)20/h2-8,11-12,16H,9-10,13-15H2,1H3,(H,23,25). The first-order valence-corrected chi connectivity index (χ1v) is 10.2. The maximum atomic E-state index is 12.6. The molecule has 4 nitrogen and oxygen atoms in total. The Labute approximate surface area is 163 Å². The highest BCUT2D eigenvalue weighted by atomic mass is 32.1. The summed E-state index contributed by atoms with van der Waals surface area (Å²) in [5, 5.41) is 6.21. The monoisotopic (exact) mass is 380 g/mol. The molecule has 1 fully saturated rings. The number of ether oxygens (including phenoxy) is 1. The van der Waals surface area contributed by atoms with E-state index in [2.05, 4.69) is 41.4 Å². The molecule has 0 spiro atoms. The minimum atomic E-state index is -0.0181. The summed E-state index contributed by atoms with van der Waals surface area (Å²) < 4.78 is 6.66. The molecule has 0 aliphatic carbocycles. The van der Waals surface area contributed by atoms with E-state index < -0.39 is 0 Å². The van der Waals surface area contributed by atoms with Crippen LogP contribution >= 0.6 is 11.3 Å². The molecule has 3 aromatic rings. The molecule has 2 heterocycles. The molecule has 0 bridgehead atoms. The van der Waals surface area contributed by atoms with Crippen LogP contribution in [0, 0.1) is 0 Å². The lowest BCUT2D eigenvalue weighted by molar-refractivity contribution is -0.0212. The van der Waals surface area contributed by atoms with Gasteiger partial charge in [-0.3, -0.25) is 9.69 Å². The quantitative estimate of drug-likeness (QED) is 0.726. The maximum absolute atomic E-state index is 12.6. The summed E-state index contributed by atoms with van der Waals surface area (Å²) in [7, 11) is 0. The van der Waals surface area contributed by atoms with E-state index in [1.807, 2.05) is 29.6 Å². The van der Waals surface area contributed by atoms with Crippen LogP contribution in [-0.2, 0) is 17.8 Å². The third-order valence-corrected chi connectivity index (χ3v) is 5.86. The van der Waals surface area contributed by atoms with E-state index in [0.717, 1.165) is 47.5 Å². The van der Waals surface area contributed by atoms with Crippen molar-refractivity contribution in [1.82, 2.24) is 10.2 Å². The molecule has 1 atom stereocenters. The van der Waals surface area contributed by atoms with Crippen molar-refractivity contribution in [2.24, 2.45) is 0 Å². The molecule has 140 valence electrons. The van der Waals surface area contributed by atoms with Crippen LogP contribution < -0.4 is 5.32 Å². The molecular formula is C22H24N2O2S. The molecule has 1 aliphatic heterocycles. The molecule has 0 radical (unpaired) electrons. The van der Waals surface area contributed by atoms with Gasteiger partial charge in [0.05, 0.1) is 18.3 Å². The lowest BCUT2D eigenvalue weighted by atomic mass is 10.1. The number of rotatable bonds is 5. The van der Waals surface area contributed by atoms with Crippen LogP contribution in [0.15, 0.2) is 53.9 Å². The van der Waals surface area contributed by atoms with Gasteiger partial charge in [-0.05, 0) is 40.9 Å². The van der Waals surface area contributed by atoms with Gasteiger partial charge in [0.2, 0.25) is 0 Å². The summed E-state index contributed by atoms with van der Waals surface area (Å²) >= 11 is 1.61. The van der Waals surface area contributed by atoms with Crippen molar-refractivity contribution in [1.29, 1.82) is 0 Å². The van der Waals surface area contributed by atoms with Crippen LogP contribution in [-0.4, -0.2) is 36.6 Å². The van der Waals surface area contributed by atoms with E-state index in [-0.39, 0.29) is 5.91 Å². The number of carbonyl (C=O) groups is 1. The fourth-order valence-electron chi connectivity index (χ4n) is 3.58. The molecule has 4 rings (SSSR count). The third kappa shape index (κ3) is 4.38. The fourth-order valence-corrected chi connectivity index (χ4v) is 4.49. The lowest BCUT2D eigenvalue weighted by Crippen LogP contribution is -2.40. The summed E-state index contributed by atoms with van der Waals surface area (Å²) in [5.41, 5.74) is 3.15. The normalized spacial score (nSPS) is 17.9. The zero-order chi connectivity index (χ0) is 18.6. The second-order valence-electron chi connectivity index (χ2n) is 7.06. The van der Waals surface area contributed by atoms with Gasteiger partial charge in [-0.2, -0.15) is 0 Å². The maximum Gasteiger partial charge on any atom is 0.253 e. The molecule has 5 heteroatoms. The highest BCUT2D eigenvalue weighted by molar-refractivity contribution is 7.17. The second-order valence-corrected chi connectivity index (χ2v) is 7.98. The van der Waals surface area contributed by atoms with E-state index in [9.17, 15) is 4.79 Å². The molecule has 1 N–H and O–H groups in total. The van der Waals surface area contributed by atoms with E-state index in [1.54, 1.807) is 11.3 Å². The van der Waals surface area contributed by atoms with Crippen molar-refractivity contribution in [2.75, 3.05) is 19.7 Å². The lowest BCUT2D eigenvalue weighted by Gasteiger charge is -2.31.